The molecule has 0 bridgehead atoms. The zero-order valence-corrected chi connectivity index (χ0v) is 22.4. The zero-order valence-electron chi connectivity index (χ0n) is 22.4. The van der Waals surface area contributed by atoms with Crippen LogP contribution in [0.15, 0.2) is 24.3 Å². The van der Waals surface area contributed by atoms with Crippen LogP contribution in [0.5, 0.6) is 11.5 Å². The number of hydrogen-bond acceptors (Lipinski definition) is 9. The Morgan fingerprint density at radius 1 is 1.05 bits per heavy atom. The van der Waals surface area contributed by atoms with Crippen LogP contribution in [0.3, 0.4) is 0 Å². The number of carbonyl (C=O) groups is 5. The summed E-state index contributed by atoms with van der Waals surface area (Å²) in [5, 5.41) is 24.4. The fourth-order valence-electron chi connectivity index (χ4n) is 6.26. The van der Waals surface area contributed by atoms with E-state index in [0.29, 0.717) is 0 Å². The topological polar surface area (TPSA) is 156 Å². The van der Waals surface area contributed by atoms with Gasteiger partial charge in [-0.15, -0.1) is 0 Å². The number of carbonyl (C=O) groups excluding carboxylic acids is 5. The van der Waals surface area contributed by atoms with Crippen LogP contribution in [0.2, 0.25) is 0 Å². The number of alkyl halides is 3. The van der Waals surface area contributed by atoms with E-state index in [-0.39, 0.29) is 53.7 Å². The Labute approximate surface area is 236 Å². The van der Waals surface area contributed by atoms with Crippen molar-refractivity contribution in [3.63, 3.8) is 0 Å². The van der Waals surface area contributed by atoms with Crippen molar-refractivity contribution in [2.75, 3.05) is 0 Å². The molecule has 3 aliphatic rings. The van der Waals surface area contributed by atoms with E-state index in [1.54, 1.807) is 12.1 Å². The molecule has 1 heterocycles. The zero-order chi connectivity index (χ0) is 30.7. The number of ketones is 3. The summed E-state index contributed by atoms with van der Waals surface area (Å²) in [6.45, 7) is 2.51. The van der Waals surface area contributed by atoms with E-state index in [2.05, 4.69) is 0 Å². The molecule has 1 fully saturated rings. The lowest BCUT2D eigenvalue weighted by Gasteiger charge is -2.41. The van der Waals surface area contributed by atoms with Crippen LogP contribution in [0.1, 0.15) is 82.0 Å². The van der Waals surface area contributed by atoms with Crippen LogP contribution in [-0.2, 0) is 30.3 Å². The minimum atomic E-state index is -5.20. The fraction of sp³-hybridized carbons (Fsp3) is 0.414. The first-order valence-electron chi connectivity index (χ1n) is 13.2. The third-order valence-electron chi connectivity index (χ3n) is 7.92. The van der Waals surface area contributed by atoms with Crippen molar-refractivity contribution in [3.05, 3.63) is 57.6 Å². The molecule has 0 unspecified atom stereocenters. The van der Waals surface area contributed by atoms with Crippen LogP contribution in [0.25, 0.3) is 0 Å². The maximum atomic E-state index is 13.4. The molecule has 0 radical (unpaired) electrons. The Bertz CT molecular complexity index is 1530. The van der Waals surface area contributed by atoms with Crippen LogP contribution < -0.4 is 5.32 Å². The van der Waals surface area contributed by atoms with E-state index in [0.717, 1.165) is 6.92 Å². The van der Waals surface area contributed by atoms with Crippen molar-refractivity contribution >= 4 is 29.2 Å². The Morgan fingerprint density at radius 3 is 2.21 bits per heavy atom. The third-order valence-corrected chi connectivity index (χ3v) is 7.92. The van der Waals surface area contributed by atoms with Gasteiger partial charge in [-0.05, 0) is 25.7 Å². The van der Waals surface area contributed by atoms with Crippen molar-refractivity contribution in [2.24, 2.45) is 0 Å². The molecule has 1 aliphatic heterocycles. The second-order valence-electron chi connectivity index (χ2n) is 10.7. The van der Waals surface area contributed by atoms with E-state index >= 15 is 0 Å². The quantitative estimate of drug-likeness (QED) is 0.308. The summed E-state index contributed by atoms with van der Waals surface area (Å²) in [6, 6.07) is 4.63. The van der Waals surface area contributed by atoms with Crippen LogP contribution in [0.4, 0.5) is 13.2 Å². The molecule has 0 aromatic heterocycles. The van der Waals surface area contributed by atoms with Crippen molar-refractivity contribution in [1.82, 2.24) is 5.32 Å². The predicted molar refractivity (Wildman–Crippen MR) is 136 cm³/mol. The molecule has 10 nitrogen and oxygen atoms in total. The number of amides is 1. The van der Waals surface area contributed by atoms with Crippen LogP contribution in [0, 0.1) is 0 Å². The van der Waals surface area contributed by atoms with Gasteiger partial charge in [0.25, 0.3) is 0 Å². The molecule has 1 amide bonds. The summed E-state index contributed by atoms with van der Waals surface area (Å²) >= 11 is 0. The highest BCUT2D eigenvalue weighted by molar-refractivity contribution is 6.30. The summed E-state index contributed by atoms with van der Waals surface area (Å²) < 4.78 is 50.2. The molecule has 2 aromatic rings. The summed E-state index contributed by atoms with van der Waals surface area (Å²) in [7, 11) is 0. The monoisotopic (exact) mass is 589 g/mol. The van der Waals surface area contributed by atoms with Crippen molar-refractivity contribution in [1.29, 1.82) is 0 Å². The molecule has 5 rings (SSSR count). The molecule has 1 saturated heterocycles. The number of phenolic OH excluding ortho intramolecular Hbond substituents is 2. The number of ether oxygens (including phenoxy) is 2. The molecule has 5 atom stereocenters. The summed E-state index contributed by atoms with van der Waals surface area (Å²) in [4.78, 5) is 62.8. The van der Waals surface area contributed by atoms with Crippen molar-refractivity contribution < 1.29 is 56.8 Å². The number of benzene rings is 2. The van der Waals surface area contributed by atoms with Gasteiger partial charge < -0.3 is 25.0 Å². The normalized spacial score (nSPS) is 25.3. The standard InChI is InChI=1S/C29H26F3NO9/c1-11-27(42-12(2)34)19(33-28(40)29(30,31)32)10-15(41-11)8-13-7-14(35)9-18-20(13)26(39)22-21(25(18)38)23(36)16-5-3-4-6-17(16)24(22)37/h3-6,11,13,15,19,27,38-39H,7-10H2,1-2H3,(H,33,40)/t11-,13+,15-,19-,27+/m0/s1. The van der Waals surface area contributed by atoms with Crippen molar-refractivity contribution in [3.8, 4) is 11.5 Å². The Kier molecular flexibility index (Phi) is 7.34. The van der Waals surface area contributed by atoms with E-state index in [4.69, 9.17) is 9.47 Å². The number of hydrogen-bond donors (Lipinski definition) is 3. The summed E-state index contributed by atoms with van der Waals surface area (Å²) in [6.07, 6.45) is -9.08. The fourth-order valence-corrected chi connectivity index (χ4v) is 6.26. The number of Topliss-reactive ketones (excluding diaryl/α,β-unsaturated/α-hetero) is 1. The van der Waals surface area contributed by atoms with Gasteiger partial charge in [0.2, 0.25) is 0 Å². The number of halogens is 3. The van der Waals surface area contributed by atoms with E-state index < -0.39 is 82.5 Å². The summed E-state index contributed by atoms with van der Waals surface area (Å²) in [5.74, 6) is -6.76. The second kappa shape index (κ2) is 10.5. The van der Waals surface area contributed by atoms with Crippen LogP contribution >= 0.6 is 0 Å². The Hall–Kier alpha value is -4.26. The predicted octanol–water partition coefficient (Wildman–Crippen LogP) is 3.02. The van der Waals surface area contributed by atoms with Crippen LogP contribution in [-0.4, -0.2) is 70.0 Å². The molecule has 2 aromatic carbocycles. The second-order valence-corrected chi connectivity index (χ2v) is 10.7. The summed E-state index contributed by atoms with van der Waals surface area (Å²) in [5.41, 5.74) is -0.653. The average Bonchev–Trinajstić information content (AvgIpc) is 2.90. The molecular formula is C29H26F3NO9. The lowest BCUT2D eigenvalue weighted by Crippen LogP contribution is -2.58. The Morgan fingerprint density at radius 2 is 1.64 bits per heavy atom. The lowest BCUT2D eigenvalue weighted by atomic mass is 9.72. The molecule has 42 heavy (non-hydrogen) atoms. The van der Waals surface area contributed by atoms with Gasteiger partial charge in [0.15, 0.2) is 11.6 Å². The van der Waals surface area contributed by atoms with Gasteiger partial charge in [-0.2, -0.15) is 13.2 Å². The molecule has 13 heteroatoms. The maximum Gasteiger partial charge on any atom is 0.471 e. The number of nitrogens with one attached hydrogen (secondary N) is 1. The minimum Gasteiger partial charge on any atom is -0.507 e. The van der Waals surface area contributed by atoms with E-state index in [1.165, 1.54) is 19.1 Å². The van der Waals surface area contributed by atoms with Gasteiger partial charge in [-0.25, -0.2) is 0 Å². The highest BCUT2D eigenvalue weighted by Crippen LogP contribution is 2.50. The first-order valence-corrected chi connectivity index (χ1v) is 13.2. The first-order chi connectivity index (χ1) is 19.7. The molecule has 3 N–H and O–H groups in total. The maximum absolute atomic E-state index is 13.4. The number of esters is 1. The average molecular weight is 590 g/mol. The first kappa shape index (κ1) is 29.2. The SMILES string of the molecule is CC(=O)O[C@H]1[C@@H](NC(=O)C(F)(F)F)C[C@H](C[C@H]2CC(=O)Cc3c(O)c4c(c(O)c32)C(=O)c2ccccc2C4=O)O[C@H]1C. The van der Waals surface area contributed by atoms with E-state index in [1.807, 2.05) is 5.32 Å². The lowest BCUT2D eigenvalue weighted by molar-refractivity contribution is -0.186. The van der Waals surface area contributed by atoms with Gasteiger partial charge in [0, 0.05) is 42.0 Å². The molecule has 0 saturated carbocycles. The largest absolute Gasteiger partial charge is 0.507 e. The third kappa shape index (κ3) is 5.02. The van der Waals surface area contributed by atoms with E-state index in [9.17, 15) is 47.4 Å². The smallest absolute Gasteiger partial charge is 0.471 e. The molecule has 2 aliphatic carbocycles. The van der Waals surface area contributed by atoms with Crippen molar-refractivity contribution in [2.45, 2.75) is 76.0 Å². The molecular weight excluding hydrogens is 563 g/mol. The highest BCUT2D eigenvalue weighted by Gasteiger charge is 2.47. The van der Waals surface area contributed by atoms with Gasteiger partial charge in [-0.3, -0.25) is 24.0 Å². The Balaban J connectivity index is 1.51. The number of fused-ring (bicyclic) bond motifs is 3. The van der Waals surface area contributed by atoms with Gasteiger partial charge in [-0.1, -0.05) is 24.3 Å². The number of rotatable bonds is 4. The minimum absolute atomic E-state index is 0.0170. The molecule has 222 valence electrons. The van der Waals surface area contributed by atoms with Gasteiger partial charge in [0.05, 0.1) is 29.4 Å². The van der Waals surface area contributed by atoms with Gasteiger partial charge in [0.1, 0.15) is 23.4 Å². The van der Waals surface area contributed by atoms with Gasteiger partial charge >= 0.3 is 18.1 Å². The molecule has 0 spiro atoms. The highest BCUT2D eigenvalue weighted by atomic mass is 19.4. The number of aromatic hydroxyl groups is 2. The number of phenols is 2.